The van der Waals surface area contributed by atoms with Gasteiger partial charge in [-0.25, -0.2) is 17.6 Å². The molecule has 3 aromatic rings. The highest BCUT2D eigenvalue weighted by atomic mass is 32.2. The van der Waals surface area contributed by atoms with Crippen molar-refractivity contribution in [2.75, 3.05) is 0 Å². The maximum atomic E-state index is 13.9. The molecule has 4 rings (SSSR count). The Morgan fingerprint density at radius 1 is 1.24 bits per heavy atom. The molecule has 29 heavy (non-hydrogen) atoms. The largest absolute Gasteiger partial charge is 0.282 e. The van der Waals surface area contributed by atoms with E-state index >= 15 is 0 Å². The summed E-state index contributed by atoms with van der Waals surface area (Å²) in [7, 11) is 0. The van der Waals surface area contributed by atoms with Crippen LogP contribution >= 0.6 is 11.8 Å². The first kappa shape index (κ1) is 19.9. The SMILES string of the molecule is CC1(C)CC(Cn2ccc(C(F)F)n2)N=C(c2cnc3c(F)c(F)ccc3c2)S1. The third kappa shape index (κ3) is 4.14. The van der Waals surface area contributed by atoms with Gasteiger partial charge in [0.2, 0.25) is 0 Å². The van der Waals surface area contributed by atoms with E-state index in [1.54, 1.807) is 17.8 Å². The van der Waals surface area contributed by atoms with Crippen molar-refractivity contribution in [2.45, 2.75) is 44.0 Å². The summed E-state index contributed by atoms with van der Waals surface area (Å²) in [6.07, 6.45) is 1.15. The first-order valence-corrected chi connectivity index (χ1v) is 9.86. The standard InChI is InChI=1S/C20H18F4N4S/c1-20(2)8-13(10-28-6-5-15(27-28)18(23)24)26-19(29-20)12-7-11-3-4-14(21)16(22)17(11)25-9-12/h3-7,9,13,18H,8,10H2,1-2H3. The Labute approximate surface area is 169 Å². The molecular formula is C20H18F4N4S. The Kier molecular flexibility index (Phi) is 5.10. The summed E-state index contributed by atoms with van der Waals surface area (Å²) in [4.78, 5) is 8.85. The van der Waals surface area contributed by atoms with Gasteiger partial charge in [0, 0.05) is 28.1 Å². The molecule has 0 N–H and O–H groups in total. The van der Waals surface area contributed by atoms with Crippen LogP contribution in [0.15, 0.2) is 41.7 Å². The van der Waals surface area contributed by atoms with Crippen LogP contribution in [0.25, 0.3) is 10.9 Å². The highest BCUT2D eigenvalue weighted by molar-refractivity contribution is 8.15. The molecule has 2 aromatic heterocycles. The van der Waals surface area contributed by atoms with Gasteiger partial charge in [0.25, 0.3) is 6.43 Å². The number of thioether (sulfide) groups is 1. The highest BCUT2D eigenvalue weighted by Gasteiger charge is 2.32. The Bertz CT molecular complexity index is 1090. The molecule has 4 nitrogen and oxygen atoms in total. The second kappa shape index (κ2) is 7.44. The number of aliphatic imine (C=N–C) groups is 1. The van der Waals surface area contributed by atoms with Gasteiger partial charge < -0.3 is 0 Å². The number of pyridine rings is 1. The minimum absolute atomic E-state index is 0.0259. The van der Waals surface area contributed by atoms with E-state index in [-0.39, 0.29) is 22.0 Å². The molecular weight excluding hydrogens is 404 g/mol. The van der Waals surface area contributed by atoms with Crippen molar-refractivity contribution in [3.8, 4) is 0 Å². The van der Waals surface area contributed by atoms with Gasteiger partial charge in [0.05, 0.1) is 12.6 Å². The van der Waals surface area contributed by atoms with Crippen molar-refractivity contribution in [3.05, 3.63) is 59.6 Å². The molecule has 0 spiro atoms. The van der Waals surface area contributed by atoms with E-state index < -0.39 is 18.1 Å². The Morgan fingerprint density at radius 3 is 2.76 bits per heavy atom. The van der Waals surface area contributed by atoms with Crippen LogP contribution in [-0.4, -0.2) is 30.6 Å². The Hall–Kier alpha value is -2.42. The number of benzene rings is 1. The van der Waals surface area contributed by atoms with Crippen molar-refractivity contribution in [1.82, 2.24) is 14.8 Å². The Morgan fingerprint density at radius 2 is 2.03 bits per heavy atom. The van der Waals surface area contributed by atoms with E-state index in [4.69, 9.17) is 4.99 Å². The molecule has 3 heterocycles. The van der Waals surface area contributed by atoms with Gasteiger partial charge in [0.1, 0.15) is 16.3 Å². The Balaban J connectivity index is 1.66. The molecule has 0 bridgehead atoms. The van der Waals surface area contributed by atoms with Gasteiger partial charge in [-0.3, -0.25) is 14.7 Å². The summed E-state index contributed by atoms with van der Waals surface area (Å²) in [5.74, 6) is -1.91. The van der Waals surface area contributed by atoms with E-state index in [9.17, 15) is 17.6 Å². The molecule has 1 aliphatic heterocycles. The molecule has 152 valence electrons. The zero-order chi connectivity index (χ0) is 20.8. The lowest BCUT2D eigenvalue weighted by Gasteiger charge is -2.33. The first-order chi connectivity index (χ1) is 13.7. The smallest absolute Gasteiger partial charge is 0.272 e. The van der Waals surface area contributed by atoms with Crippen LogP contribution in [0.3, 0.4) is 0 Å². The number of rotatable bonds is 4. The fourth-order valence-corrected chi connectivity index (χ4v) is 4.65. The van der Waals surface area contributed by atoms with Crippen LogP contribution in [0.5, 0.6) is 0 Å². The van der Waals surface area contributed by atoms with E-state index in [0.29, 0.717) is 17.5 Å². The molecule has 0 saturated heterocycles. The molecule has 0 saturated carbocycles. The predicted octanol–water partition coefficient (Wildman–Crippen LogP) is 5.38. The minimum atomic E-state index is -2.61. The lowest BCUT2D eigenvalue weighted by atomic mass is 10.0. The second-order valence-corrected chi connectivity index (χ2v) is 9.27. The molecule has 1 aliphatic rings. The normalized spacial score (nSPS) is 19.0. The molecule has 0 fully saturated rings. The fourth-order valence-electron chi connectivity index (χ4n) is 3.42. The fraction of sp³-hybridized carbons (Fsp3) is 0.350. The van der Waals surface area contributed by atoms with Crippen molar-refractivity contribution in [2.24, 2.45) is 4.99 Å². The van der Waals surface area contributed by atoms with E-state index in [0.717, 1.165) is 17.5 Å². The number of aromatic nitrogens is 3. The lowest BCUT2D eigenvalue weighted by molar-refractivity contribution is 0.145. The number of hydrogen-bond donors (Lipinski definition) is 0. The summed E-state index contributed by atoms with van der Waals surface area (Å²) in [5.41, 5.74) is 0.425. The summed E-state index contributed by atoms with van der Waals surface area (Å²) >= 11 is 1.57. The van der Waals surface area contributed by atoms with Gasteiger partial charge in [0.15, 0.2) is 11.6 Å². The van der Waals surface area contributed by atoms with Crippen LogP contribution in [-0.2, 0) is 6.54 Å². The number of halogens is 4. The summed E-state index contributed by atoms with van der Waals surface area (Å²) in [6, 6.07) is 5.43. The van der Waals surface area contributed by atoms with Gasteiger partial charge >= 0.3 is 0 Å². The van der Waals surface area contributed by atoms with Crippen LogP contribution in [0.1, 0.15) is 38.0 Å². The maximum Gasteiger partial charge on any atom is 0.282 e. The number of nitrogens with zero attached hydrogens (tertiary/aromatic N) is 4. The summed E-state index contributed by atoms with van der Waals surface area (Å²) in [5, 5.41) is 5.12. The van der Waals surface area contributed by atoms with Crippen LogP contribution < -0.4 is 0 Å². The zero-order valence-corrected chi connectivity index (χ0v) is 16.6. The number of fused-ring (bicyclic) bond motifs is 1. The highest BCUT2D eigenvalue weighted by Crippen LogP contribution is 2.38. The van der Waals surface area contributed by atoms with Gasteiger partial charge in [-0.15, -0.1) is 0 Å². The minimum Gasteiger partial charge on any atom is -0.272 e. The topological polar surface area (TPSA) is 43.1 Å². The third-order valence-corrected chi connectivity index (χ3v) is 5.93. The van der Waals surface area contributed by atoms with Crippen molar-refractivity contribution in [3.63, 3.8) is 0 Å². The van der Waals surface area contributed by atoms with Gasteiger partial charge in [-0.2, -0.15) is 5.10 Å². The van der Waals surface area contributed by atoms with Crippen molar-refractivity contribution < 1.29 is 17.6 Å². The van der Waals surface area contributed by atoms with E-state index in [1.807, 2.05) is 0 Å². The molecule has 0 radical (unpaired) electrons. The quantitative estimate of drug-likeness (QED) is 0.531. The van der Waals surface area contributed by atoms with Crippen molar-refractivity contribution >= 4 is 27.7 Å². The lowest BCUT2D eigenvalue weighted by Crippen LogP contribution is -2.32. The van der Waals surface area contributed by atoms with E-state index in [1.165, 1.54) is 29.2 Å². The van der Waals surface area contributed by atoms with Crippen LogP contribution in [0, 0.1) is 11.6 Å². The van der Waals surface area contributed by atoms with Gasteiger partial charge in [-0.1, -0.05) is 25.6 Å². The summed E-state index contributed by atoms with van der Waals surface area (Å²) in [6.45, 7) is 4.54. The average Bonchev–Trinajstić information content (AvgIpc) is 3.12. The van der Waals surface area contributed by atoms with Crippen LogP contribution in [0.2, 0.25) is 0 Å². The molecule has 1 unspecified atom stereocenters. The molecule has 1 aromatic carbocycles. The maximum absolute atomic E-state index is 13.9. The second-order valence-electron chi connectivity index (χ2n) is 7.57. The number of hydrogen-bond acceptors (Lipinski definition) is 4. The average molecular weight is 422 g/mol. The number of alkyl halides is 2. The van der Waals surface area contributed by atoms with Gasteiger partial charge in [-0.05, 0) is 30.7 Å². The predicted molar refractivity (Wildman–Crippen MR) is 105 cm³/mol. The molecule has 1 atom stereocenters. The first-order valence-electron chi connectivity index (χ1n) is 9.04. The zero-order valence-electron chi connectivity index (χ0n) is 15.7. The summed E-state index contributed by atoms with van der Waals surface area (Å²) < 4.78 is 54.2. The van der Waals surface area contributed by atoms with E-state index in [2.05, 4.69) is 23.9 Å². The monoisotopic (exact) mass is 422 g/mol. The molecule has 9 heteroatoms. The molecule has 0 aliphatic carbocycles. The van der Waals surface area contributed by atoms with Crippen molar-refractivity contribution in [1.29, 1.82) is 0 Å². The molecule has 0 amide bonds. The third-order valence-electron chi connectivity index (χ3n) is 4.67. The van der Waals surface area contributed by atoms with Crippen LogP contribution in [0.4, 0.5) is 17.6 Å².